The zero-order chi connectivity index (χ0) is 12.5. The summed E-state index contributed by atoms with van der Waals surface area (Å²) >= 11 is 0. The van der Waals surface area contributed by atoms with Crippen molar-refractivity contribution in [1.82, 2.24) is 0 Å². The van der Waals surface area contributed by atoms with E-state index in [1.807, 2.05) is 0 Å². The van der Waals surface area contributed by atoms with E-state index >= 15 is 0 Å². The molecule has 0 saturated carbocycles. The molecule has 0 atom stereocenters. The molecule has 0 unspecified atom stereocenters. The Morgan fingerprint density at radius 2 is 1.56 bits per heavy atom. The molecule has 1 aromatic carbocycles. The summed E-state index contributed by atoms with van der Waals surface area (Å²) in [6, 6.07) is 2.01. The second-order valence-corrected chi connectivity index (χ2v) is 4.15. The Morgan fingerprint density at radius 1 is 1.06 bits per heavy atom. The first-order valence-electron chi connectivity index (χ1n) is 3.77. The second-order valence-electron chi connectivity index (χ2n) is 2.76. The molecule has 18 heavy (non-hydrogen) atoms. The smallest absolute Gasteiger partial charge is 0.545 e. The van der Waals surface area contributed by atoms with Crippen LogP contribution in [0.15, 0.2) is 23.1 Å². The van der Waals surface area contributed by atoms with Gasteiger partial charge in [-0.1, -0.05) is 12.1 Å². The second kappa shape index (κ2) is 9.24. The minimum absolute atomic E-state index is 0. The van der Waals surface area contributed by atoms with Crippen molar-refractivity contribution in [3.8, 4) is 0 Å². The number of rotatable bonds is 3. The molecule has 0 aliphatic carbocycles. The number of carbonyl (C=O) groups is 2. The minimum atomic E-state index is -4.85. The van der Waals surface area contributed by atoms with Crippen molar-refractivity contribution in [3.63, 3.8) is 0 Å². The molecule has 0 bridgehead atoms. The fourth-order valence-electron chi connectivity index (χ4n) is 1.03. The van der Waals surface area contributed by atoms with Crippen LogP contribution in [-0.4, -0.2) is 24.9 Å². The normalized spacial score (nSPS) is 9.83. The Balaban J connectivity index is 0. The largest absolute Gasteiger partial charge is 1.00 e. The van der Waals surface area contributed by atoms with Gasteiger partial charge in [-0.25, -0.2) is 0 Å². The van der Waals surface area contributed by atoms with Gasteiger partial charge < -0.3 is 19.8 Å². The summed E-state index contributed by atoms with van der Waals surface area (Å²) in [6.45, 7) is 0. The summed E-state index contributed by atoms with van der Waals surface area (Å²) in [5.41, 5.74) is -1.40. The topological polar surface area (TPSA) is 135 Å². The van der Waals surface area contributed by atoms with Crippen molar-refractivity contribution in [2.75, 3.05) is 0 Å². The van der Waals surface area contributed by atoms with Crippen molar-refractivity contribution in [2.45, 2.75) is 4.90 Å². The van der Waals surface area contributed by atoms with Crippen LogP contribution < -0.4 is 148 Å². The molecule has 0 aliphatic rings. The van der Waals surface area contributed by atoms with Gasteiger partial charge in [0, 0.05) is 5.56 Å². The van der Waals surface area contributed by atoms with Crippen LogP contribution in [-0.2, 0) is 10.1 Å². The molecule has 0 amide bonds. The van der Waals surface area contributed by atoms with Gasteiger partial charge in [-0.05, 0) is 11.6 Å². The molecule has 0 heterocycles. The van der Waals surface area contributed by atoms with Crippen LogP contribution in [0.2, 0.25) is 0 Å². The monoisotopic (exact) mass is 510 g/mol. The molecule has 1 N–H and O–H groups in total. The first-order valence-corrected chi connectivity index (χ1v) is 5.21. The first kappa shape index (κ1) is 22.5. The Morgan fingerprint density at radius 3 is 1.89 bits per heavy atom. The molecule has 0 aromatic heterocycles. The van der Waals surface area contributed by atoms with Crippen molar-refractivity contribution in [1.29, 1.82) is 0 Å². The molecular weight excluding hydrogens is 506 g/mol. The minimum Gasteiger partial charge on any atom is -0.545 e. The Labute approximate surface area is 220 Å². The SMILES string of the molecule is O=C([O-])c1ccc(C(=O)[O-])c(S(=O)(=O)O)c1.[Cs+].[Cs+]. The van der Waals surface area contributed by atoms with E-state index in [0.29, 0.717) is 12.1 Å². The van der Waals surface area contributed by atoms with Gasteiger partial charge in [0.05, 0.1) is 11.9 Å². The number of carboxylic acid groups (broad SMARTS) is 2. The van der Waals surface area contributed by atoms with Gasteiger partial charge in [0.25, 0.3) is 10.1 Å². The Hall–Kier alpha value is 2.17. The molecule has 86 valence electrons. The molecule has 10 heteroatoms. The molecule has 0 spiro atoms. The Bertz CT molecular complexity index is 567. The van der Waals surface area contributed by atoms with Gasteiger partial charge in [-0.3, -0.25) is 4.55 Å². The molecule has 0 radical (unpaired) electrons. The van der Waals surface area contributed by atoms with Gasteiger partial charge in [0.1, 0.15) is 4.90 Å². The summed E-state index contributed by atoms with van der Waals surface area (Å²) < 4.78 is 30.3. The zero-order valence-electron chi connectivity index (χ0n) is 9.54. The van der Waals surface area contributed by atoms with E-state index in [4.69, 9.17) is 4.55 Å². The fraction of sp³-hybridized carbons (Fsp3) is 0. The van der Waals surface area contributed by atoms with Crippen molar-refractivity contribution in [2.24, 2.45) is 0 Å². The van der Waals surface area contributed by atoms with E-state index in [-0.39, 0.29) is 138 Å². The van der Waals surface area contributed by atoms with E-state index in [1.165, 1.54) is 0 Å². The van der Waals surface area contributed by atoms with E-state index in [1.54, 1.807) is 0 Å². The van der Waals surface area contributed by atoms with Crippen molar-refractivity contribution in [3.05, 3.63) is 29.3 Å². The number of carbonyl (C=O) groups excluding carboxylic acids is 2. The third-order valence-corrected chi connectivity index (χ3v) is 2.61. The number of hydrogen-bond acceptors (Lipinski definition) is 6. The molecular formula is C8H4Cs2O7S. The van der Waals surface area contributed by atoms with E-state index in [9.17, 15) is 28.2 Å². The number of benzene rings is 1. The van der Waals surface area contributed by atoms with E-state index in [2.05, 4.69) is 0 Å². The van der Waals surface area contributed by atoms with Gasteiger partial charge >= 0.3 is 138 Å². The van der Waals surface area contributed by atoms with Crippen LogP contribution in [0.5, 0.6) is 0 Å². The van der Waals surface area contributed by atoms with Crippen LogP contribution in [0.4, 0.5) is 0 Å². The van der Waals surface area contributed by atoms with E-state index in [0.717, 1.165) is 6.07 Å². The average molecular weight is 510 g/mol. The van der Waals surface area contributed by atoms with Gasteiger partial charge in [0.15, 0.2) is 0 Å². The van der Waals surface area contributed by atoms with Gasteiger partial charge in [-0.2, -0.15) is 8.42 Å². The van der Waals surface area contributed by atoms with Crippen LogP contribution in [0.25, 0.3) is 0 Å². The van der Waals surface area contributed by atoms with Crippen LogP contribution in [0, 0.1) is 0 Å². The maximum Gasteiger partial charge on any atom is 1.00 e. The summed E-state index contributed by atoms with van der Waals surface area (Å²) in [7, 11) is -4.85. The van der Waals surface area contributed by atoms with Crippen LogP contribution in [0.1, 0.15) is 20.7 Å². The molecule has 1 rings (SSSR count). The van der Waals surface area contributed by atoms with E-state index < -0.39 is 38.1 Å². The van der Waals surface area contributed by atoms with Gasteiger partial charge in [-0.15, -0.1) is 0 Å². The maximum atomic E-state index is 10.8. The number of aromatic carboxylic acids is 2. The predicted octanol–water partition coefficient (Wildman–Crippen LogP) is -8.33. The Kier molecular flexibility index (Phi) is 11.5. The quantitative estimate of drug-likeness (QED) is 0.400. The van der Waals surface area contributed by atoms with Crippen LogP contribution >= 0.6 is 0 Å². The van der Waals surface area contributed by atoms with Crippen molar-refractivity contribution < 1.29 is 171 Å². The summed E-state index contributed by atoms with van der Waals surface area (Å²) in [4.78, 5) is 19.9. The summed E-state index contributed by atoms with van der Waals surface area (Å²) in [6.07, 6.45) is 0. The standard InChI is InChI=1S/C8H6O7S.2Cs/c9-7(10)4-1-2-5(8(11)12)6(3-4)16(13,14)15;;/h1-3H,(H,9,10)(H,11,12)(H,13,14,15);;/q;2*+1/p-2. The number of carboxylic acids is 2. The summed E-state index contributed by atoms with van der Waals surface area (Å²) in [5, 5.41) is 20.9. The van der Waals surface area contributed by atoms with Crippen molar-refractivity contribution >= 4 is 22.1 Å². The summed E-state index contributed by atoms with van der Waals surface area (Å²) in [5.74, 6) is -3.55. The molecule has 7 nitrogen and oxygen atoms in total. The zero-order valence-corrected chi connectivity index (χ0v) is 22.9. The van der Waals surface area contributed by atoms with Crippen LogP contribution in [0.3, 0.4) is 0 Å². The third kappa shape index (κ3) is 6.30. The van der Waals surface area contributed by atoms with Gasteiger partial charge in [0.2, 0.25) is 0 Å². The molecule has 0 fully saturated rings. The predicted molar refractivity (Wildman–Crippen MR) is 44.9 cm³/mol. The fourth-order valence-corrected chi connectivity index (χ4v) is 1.74. The number of hydrogen-bond donors (Lipinski definition) is 1. The molecule has 0 saturated heterocycles. The third-order valence-electron chi connectivity index (χ3n) is 1.72. The molecule has 1 aromatic rings. The maximum absolute atomic E-state index is 10.8. The average Bonchev–Trinajstić information content (AvgIpc) is 2.15. The molecule has 0 aliphatic heterocycles. The first-order chi connectivity index (χ1) is 7.23.